The van der Waals surface area contributed by atoms with Gasteiger partial charge in [-0.1, -0.05) is 44.4 Å². The molecule has 3 aromatic rings. The molecule has 1 saturated carbocycles. The molecular formula is C25H34N6O3. The molecule has 1 fully saturated rings. The summed E-state index contributed by atoms with van der Waals surface area (Å²) in [5.74, 6) is 0.269. The van der Waals surface area contributed by atoms with Crippen LogP contribution in [0.1, 0.15) is 75.4 Å². The first-order valence-corrected chi connectivity index (χ1v) is 12.3. The highest BCUT2D eigenvalue weighted by molar-refractivity contribution is 5.81. The van der Waals surface area contributed by atoms with Crippen molar-refractivity contribution in [2.45, 2.75) is 84.5 Å². The molecule has 2 aromatic heterocycles. The number of esters is 1. The van der Waals surface area contributed by atoms with Gasteiger partial charge in [-0.3, -0.25) is 14.5 Å². The molecule has 0 radical (unpaired) electrons. The van der Waals surface area contributed by atoms with Gasteiger partial charge < -0.3 is 9.72 Å². The smallest absolute Gasteiger partial charge is 0.327 e. The summed E-state index contributed by atoms with van der Waals surface area (Å²) < 4.78 is 6.65. The molecule has 0 bridgehead atoms. The summed E-state index contributed by atoms with van der Waals surface area (Å²) in [5, 5.41) is 13.3. The Morgan fingerprint density at radius 1 is 1.26 bits per heavy atom. The zero-order valence-electron chi connectivity index (χ0n) is 20.3. The third-order valence-corrected chi connectivity index (χ3v) is 6.79. The number of hydrogen-bond acceptors (Lipinski definition) is 7. The third-order valence-electron chi connectivity index (χ3n) is 6.79. The fourth-order valence-corrected chi connectivity index (χ4v) is 5.11. The minimum atomic E-state index is -0.364. The fourth-order valence-electron chi connectivity index (χ4n) is 5.11. The number of nitrogens with one attached hydrogen (secondary N) is 1. The Kier molecular flexibility index (Phi) is 7.72. The highest BCUT2D eigenvalue weighted by Gasteiger charge is 2.32. The third kappa shape index (κ3) is 5.19. The minimum absolute atomic E-state index is 0.0268. The Morgan fingerprint density at radius 2 is 2.06 bits per heavy atom. The molecule has 0 unspecified atom stereocenters. The van der Waals surface area contributed by atoms with Crippen LogP contribution in [-0.4, -0.2) is 48.7 Å². The first-order chi connectivity index (χ1) is 16.5. The van der Waals surface area contributed by atoms with E-state index in [-0.39, 0.29) is 24.1 Å². The Hall–Kier alpha value is -3.07. The molecule has 0 saturated heterocycles. The highest BCUT2D eigenvalue weighted by Crippen LogP contribution is 2.33. The van der Waals surface area contributed by atoms with Crippen LogP contribution in [0, 0.1) is 6.92 Å². The van der Waals surface area contributed by atoms with Crippen molar-refractivity contribution in [2.24, 2.45) is 0 Å². The summed E-state index contributed by atoms with van der Waals surface area (Å²) in [6.07, 6.45) is 6.46. The number of fused-ring (bicyclic) bond motifs is 1. The Morgan fingerprint density at radius 3 is 2.79 bits per heavy atom. The zero-order valence-corrected chi connectivity index (χ0v) is 20.3. The number of pyridine rings is 1. The molecular weight excluding hydrogens is 432 g/mol. The molecule has 4 rings (SSSR count). The number of H-pyrrole nitrogens is 1. The van der Waals surface area contributed by atoms with Gasteiger partial charge in [-0.2, -0.15) is 0 Å². The van der Waals surface area contributed by atoms with Crippen molar-refractivity contribution in [1.29, 1.82) is 0 Å². The topological polar surface area (TPSA) is 106 Å². The van der Waals surface area contributed by atoms with Crippen LogP contribution >= 0.6 is 0 Å². The maximum atomic E-state index is 13.1. The van der Waals surface area contributed by atoms with Gasteiger partial charge in [0.25, 0.3) is 5.56 Å². The van der Waals surface area contributed by atoms with E-state index in [0.717, 1.165) is 41.3 Å². The van der Waals surface area contributed by atoms with E-state index in [9.17, 15) is 9.59 Å². The van der Waals surface area contributed by atoms with Gasteiger partial charge in [0.2, 0.25) is 0 Å². The fraction of sp³-hybridized carbons (Fsp3) is 0.560. The molecule has 182 valence electrons. The molecule has 1 aliphatic rings. The average molecular weight is 467 g/mol. The van der Waals surface area contributed by atoms with Gasteiger partial charge in [0.1, 0.15) is 6.54 Å². The van der Waals surface area contributed by atoms with Crippen LogP contribution in [0.2, 0.25) is 0 Å². The number of aromatic amines is 1. The maximum absolute atomic E-state index is 13.1. The normalized spacial score (nSPS) is 15.6. The van der Waals surface area contributed by atoms with Gasteiger partial charge in [0.15, 0.2) is 5.82 Å². The average Bonchev–Trinajstić information content (AvgIpc) is 3.28. The summed E-state index contributed by atoms with van der Waals surface area (Å²) in [4.78, 5) is 30.7. The van der Waals surface area contributed by atoms with E-state index >= 15 is 0 Å². The number of para-hydroxylation sites is 1. The molecule has 1 atom stereocenters. The molecule has 2 heterocycles. The van der Waals surface area contributed by atoms with Crippen LogP contribution in [-0.2, 0) is 22.6 Å². The second-order valence-corrected chi connectivity index (χ2v) is 9.05. The summed E-state index contributed by atoms with van der Waals surface area (Å²) in [6.45, 7) is 6.66. The molecule has 0 amide bonds. The van der Waals surface area contributed by atoms with Gasteiger partial charge >= 0.3 is 5.97 Å². The first-order valence-electron chi connectivity index (χ1n) is 12.3. The second-order valence-electron chi connectivity index (χ2n) is 9.05. The van der Waals surface area contributed by atoms with Crippen molar-refractivity contribution < 1.29 is 9.53 Å². The predicted octanol–water partition coefficient (Wildman–Crippen LogP) is 3.67. The summed E-state index contributed by atoms with van der Waals surface area (Å²) in [6, 6.07) is 8.24. The summed E-state index contributed by atoms with van der Waals surface area (Å²) in [7, 11) is 0. The lowest BCUT2D eigenvalue weighted by atomic mass is 9.92. The first kappa shape index (κ1) is 24.1. The molecule has 1 aliphatic carbocycles. The van der Waals surface area contributed by atoms with Crippen LogP contribution in [0.25, 0.3) is 10.9 Å². The van der Waals surface area contributed by atoms with E-state index in [0.29, 0.717) is 25.0 Å². The molecule has 0 aliphatic heterocycles. The van der Waals surface area contributed by atoms with E-state index in [4.69, 9.17) is 4.74 Å². The Bertz CT molecular complexity index is 1180. The lowest BCUT2D eigenvalue weighted by Gasteiger charge is -2.39. The lowest BCUT2D eigenvalue weighted by molar-refractivity contribution is -0.144. The van der Waals surface area contributed by atoms with Crippen LogP contribution in [0.3, 0.4) is 0 Å². The van der Waals surface area contributed by atoms with Gasteiger partial charge in [-0.25, -0.2) is 4.68 Å². The van der Waals surface area contributed by atoms with Crippen molar-refractivity contribution in [2.75, 3.05) is 6.61 Å². The minimum Gasteiger partial charge on any atom is -0.465 e. The van der Waals surface area contributed by atoms with Crippen LogP contribution in [0.5, 0.6) is 0 Å². The van der Waals surface area contributed by atoms with Crippen LogP contribution < -0.4 is 5.56 Å². The second kappa shape index (κ2) is 10.9. The van der Waals surface area contributed by atoms with E-state index in [1.165, 1.54) is 23.9 Å². The maximum Gasteiger partial charge on any atom is 0.327 e. The number of nitrogens with zero attached hydrogens (tertiary/aromatic N) is 5. The van der Waals surface area contributed by atoms with Crippen LogP contribution in [0.4, 0.5) is 0 Å². The van der Waals surface area contributed by atoms with E-state index < -0.39 is 0 Å². The zero-order chi connectivity index (χ0) is 24.1. The summed E-state index contributed by atoms with van der Waals surface area (Å²) >= 11 is 0. The van der Waals surface area contributed by atoms with Crippen molar-refractivity contribution >= 4 is 16.9 Å². The predicted molar refractivity (Wildman–Crippen MR) is 129 cm³/mol. The SMILES string of the molecule is CCOC(=O)Cn1nnnc1[C@H](CC)N(Cc1cc2cccc(C)c2[nH]c1=O)C1CCCCC1. The number of rotatable bonds is 9. The molecule has 9 nitrogen and oxygen atoms in total. The summed E-state index contributed by atoms with van der Waals surface area (Å²) in [5.41, 5.74) is 2.59. The number of ether oxygens (including phenoxy) is 1. The number of aryl methyl sites for hydroxylation is 1. The van der Waals surface area contributed by atoms with Gasteiger partial charge in [-0.15, -0.1) is 5.10 Å². The number of aromatic nitrogens is 5. The van der Waals surface area contributed by atoms with Crippen molar-refractivity contribution in [3.05, 3.63) is 51.6 Å². The number of hydrogen-bond donors (Lipinski definition) is 1. The molecule has 1 aromatic carbocycles. The van der Waals surface area contributed by atoms with Gasteiger partial charge in [0, 0.05) is 18.2 Å². The Labute approximate surface area is 199 Å². The van der Waals surface area contributed by atoms with Crippen molar-refractivity contribution in [1.82, 2.24) is 30.1 Å². The molecule has 34 heavy (non-hydrogen) atoms. The lowest BCUT2D eigenvalue weighted by Crippen LogP contribution is -2.41. The number of carbonyl (C=O) groups is 1. The van der Waals surface area contributed by atoms with E-state index in [1.807, 2.05) is 31.2 Å². The van der Waals surface area contributed by atoms with Gasteiger partial charge in [-0.05, 0) is 60.6 Å². The number of carbonyl (C=O) groups excluding carboxylic acids is 1. The van der Waals surface area contributed by atoms with Gasteiger partial charge in [0.05, 0.1) is 18.2 Å². The van der Waals surface area contributed by atoms with Crippen molar-refractivity contribution in [3.63, 3.8) is 0 Å². The highest BCUT2D eigenvalue weighted by atomic mass is 16.5. The number of tetrazole rings is 1. The number of benzene rings is 1. The Balaban J connectivity index is 1.70. The van der Waals surface area contributed by atoms with E-state index in [1.54, 1.807) is 6.92 Å². The largest absolute Gasteiger partial charge is 0.465 e. The van der Waals surface area contributed by atoms with E-state index in [2.05, 4.69) is 32.3 Å². The van der Waals surface area contributed by atoms with Crippen molar-refractivity contribution in [3.8, 4) is 0 Å². The molecule has 9 heteroatoms. The standard InChI is InChI=1S/C25H34N6O3/c1-4-21(24-27-28-29-31(24)16-22(32)34-5-2)30(20-12-7-6-8-13-20)15-19-14-18-11-9-10-17(3)23(18)26-25(19)33/h9-11,14,20-21H,4-8,12-13,15-16H2,1-3H3,(H,26,33)/t21-/m0/s1. The quantitative estimate of drug-likeness (QED) is 0.480. The molecule has 0 spiro atoms. The monoisotopic (exact) mass is 466 g/mol. The van der Waals surface area contributed by atoms with Crippen LogP contribution in [0.15, 0.2) is 29.1 Å². The molecule has 1 N–H and O–H groups in total.